The molecule has 0 spiro atoms. The van der Waals surface area contributed by atoms with Gasteiger partial charge in [-0.2, -0.15) is 0 Å². The van der Waals surface area contributed by atoms with E-state index in [9.17, 15) is 14.0 Å². The Hall–Kier alpha value is -3.10. The molecular formula is C18H21FN4O4. The number of imidazole rings is 1. The van der Waals surface area contributed by atoms with Crippen LogP contribution in [0.25, 0.3) is 0 Å². The minimum absolute atomic E-state index is 0.296. The van der Waals surface area contributed by atoms with Gasteiger partial charge in [-0.1, -0.05) is 0 Å². The number of urea groups is 1. The second-order valence-corrected chi connectivity index (χ2v) is 6.19. The van der Waals surface area contributed by atoms with E-state index in [4.69, 9.17) is 4.74 Å². The minimum Gasteiger partial charge on any atom is -0.497 e. The molecular weight excluding hydrogens is 355 g/mol. The van der Waals surface area contributed by atoms with Crippen LogP contribution in [0, 0.1) is 5.82 Å². The molecule has 8 nitrogen and oxygen atoms in total. The van der Waals surface area contributed by atoms with E-state index in [-0.39, 0.29) is 0 Å². The molecule has 0 saturated heterocycles. The number of aromatic amines is 1. The Morgan fingerprint density at radius 2 is 2.19 bits per heavy atom. The highest BCUT2D eigenvalue weighted by Gasteiger charge is 2.36. The van der Waals surface area contributed by atoms with Gasteiger partial charge in [-0.05, 0) is 19.1 Å². The molecule has 2 heterocycles. The molecule has 144 valence electrons. The maximum atomic E-state index is 14.8. The summed E-state index contributed by atoms with van der Waals surface area (Å²) < 4.78 is 24.4. The SMILES string of the molecule is COC(=O)[C@@H](C)NC(=O)N1CCc2[nH]cnc2[C@@H]1c1ccc(OC)cc1F. The number of nitrogens with one attached hydrogen (secondary N) is 2. The van der Waals surface area contributed by atoms with Crippen LogP contribution in [-0.2, 0) is 16.0 Å². The number of nitrogens with zero attached hydrogens (tertiary/aromatic N) is 2. The first-order valence-electron chi connectivity index (χ1n) is 8.46. The van der Waals surface area contributed by atoms with Crippen LogP contribution in [0.1, 0.15) is 29.9 Å². The standard InChI is InChI=1S/C18H21FN4O4/c1-10(17(24)27-3)22-18(25)23-7-6-14-15(21-9-20-14)16(23)12-5-4-11(26-2)8-13(12)19/h4-5,8-10,16H,6-7H2,1-3H3,(H,20,21)(H,22,25)/t10-,16+/m1/s1. The van der Waals surface area contributed by atoms with E-state index in [0.29, 0.717) is 30.0 Å². The van der Waals surface area contributed by atoms with Crippen molar-refractivity contribution in [2.24, 2.45) is 0 Å². The average molecular weight is 376 g/mol. The number of fused-ring (bicyclic) bond motifs is 1. The lowest BCUT2D eigenvalue weighted by Crippen LogP contribution is -2.50. The number of hydrogen-bond donors (Lipinski definition) is 2. The van der Waals surface area contributed by atoms with Crippen molar-refractivity contribution in [1.29, 1.82) is 0 Å². The normalized spacial score (nSPS) is 17.0. The Bertz CT molecular complexity index is 854. The van der Waals surface area contributed by atoms with Gasteiger partial charge in [0.2, 0.25) is 0 Å². The average Bonchev–Trinajstić information content (AvgIpc) is 3.15. The molecule has 0 saturated carbocycles. The number of aromatic nitrogens is 2. The summed E-state index contributed by atoms with van der Waals surface area (Å²) in [5.74, 6) is -0.688. The monoisotopic (exact) mass is 376 g/mol. The molecule has 1 aliphatic rings. The summed E-state index contributed by atoms with van der Waals surface area (Å²) in [4.78, 5) is 33.2. The summed E-state index contributed by atoms with van der Waals surface area (Å²) in [6.45, 7) is 1.86. The minimum atomic E-state index is -0.829. The van der Waals surface area contributed by atoms with Crippen molar-refractivity contribution in [2.75, 3.05) is 20.8 Å². The third-order valence-electron chi connectivity index (χ3n) is 4.58. The Kier molecular flexibility index (Phi) is 5.29. The fraction of sp³-hybridized carbons (Fsp3) is 0.389. The van der Waals surface area contributed by atoms with Crippen LogP contribution in [0.5, 0.6) is 5.75 Å². The number of carbonyl (C=O) groups is 2. The van der Waals surface area contributed by atoms with Gasteiger partial charge in [-0.25, -0.2) is 19.0 Å². The number of ether oxygens (including phenoxy) is 2. The topological polar surface area (TPSA) is 96.6 Å². The first-order chi connectivity index (χ1) is 13.0. The lowest BCUT2D eigenvalue weighted by molar-refractivity contribution is -0.142. The van der Waals surface area contributed by atoms with E-state index >= 15 is 0 Å². The summed E-state index contributed by atoms with van der Waals surface area (Å²) >= 11 is 0. The summed E-state index contributed by atoms with van der Waals surface area (Å²) in [5, 5.41) is 2.59. The van der Waals surface area contributed by atoms with Crippen molar-refractivity contribution in [3.63, 3.8) is 0 Å². The molecule has 1 aromatic heterocycles. The van der Waals surface area contributed by atoms with Gasteiger partial charge in [-0.15, -0.1) is 0 Å². The lowest BCUT2D eigenvalue weighted by atomic mass is 9.95. The maximum Gasteiger partial charge on any atom is 0.328 e. The number of methoxy groups -OCH3 is 2. The van der Waals surface area contributed by atoms with E-state index < -0.39 is 29.9 Å². The lowest BCUT2D eigenvalue weighted by Gasteiger charge is -2.35. The molecule has 2 amide bonds. The predicted octanol–water partition coefficient (Wildman–Crippen LogP) is 1.78. The molecule has 2 atom stereocenters. The van der Waals surface area contributed by atoms with Crippen molar-refractivity contribution in [1.82, 2.24) is 20.2 Å². The number of amides is 2. The zero-order valence-electron chi connectivity index (χ0n) is 15.3. The highest BCUT2D eigenvalue weighted by atomic mass is 19.1. The maximum absolute atomic E-state index is 14.8. The van der Waals surface area contributed by atoms with Crippen LogP contribution in [0.4, 0.5) is 9.18 Å². The van der Waals surface area contributed by atoms with Gasteiger partial charge in [0.15, 0.2) is 0 Å². The van der Waals surface area contributed by atoms with Gasteiger partial charge < -0.3 is 24.7 Å². The Balaban J connectivity index is 1.96. The van der Waals surface area contributed by atoms with Crippen LogP contribution in [-0.4, -0.2) is 53.7 Å². The van der Waals surface area contributed by atoms with Crippen LogP contribution in [0.2, 0.25) is 0 Å². The number of esters is 1. The van der Waals surface area contributed by atoms with Gasteiger partial charge >= 0.3 is 12.0 Å². The third kappa shape index (κ3) is 3.57. The Morgan fingerprint density at radius 1 is 1.41 bits per heavy atom. The molecule has 0 aliphatic carbocycles. The van der Waals surface area contributed by atoms with Crippen LogP contribution in [0.15, 0.2) is 24.5 Å². The fourth-order valence-electron chi connectivity index (χ4n) is 3.17. The molecule has 9 heteroatoms. The number of benzene rings is 1. The highest BCUT2D eigenvalue weighted by molar-refractivity contribution is 5.83. The zero-order valence-corrected chi connectivity index (χ0v) is 15.3. The molecule has 2 aromatic rings. The Morgan fingerprint density at radius 3 is 2.85 bits per heavy atom. The van der Waals surface area contributed by atoms with Gasteiger partial charge in [0.25, 0.3) is 0 Å². The predicted molar refractivity (Wildman–Crippen MR) is 93.8 cm³/mol. The summed E-state index contributed by atoms with van der Waals surface area (Å²) in [7, 11) is 2.70. The van der Waals surface area contributed by atoms with E-state index in [0.717, 1.165) is 5.69 Å². The van der Waals surface area contributed by atoms with E-state index in [1.165, 1.54) is 38.4 Å². The Labute approximate surface area is 155 Å². The second kappa shape index (κ2) is 7.65. The number of halogens is 1. The zero-order chi connectivity index (χ0) is 19.6. The summed E-state index contributed by atoms with van der Waals surface area (Å²) in [6.07, 6.45) is 2.07. The van der Waals surface area contributed by atoms with E-state index in [1.54, 1.807) is 12.1 Å². The molecule has 0 unspecified atom stereocenters. The molecule has 3 rings (SSSR count). The van der Waals surface area contributed by atoms with Gasteiger partial charge in [0, 0.05) is 30.3 Å². The molecule has 0 radical (unpaired) electrons. The van der Waals surface area contributed by atoms with Crippen molar-refractivity contribution in [3.8, 4) is 5.75 Å². The molecule has 1 aliphatic heterocycles. The van der Waals surface area contributed by atoms with Gasteiger partial charge in [0.1, 0.15) is 23.7 Å². The van der Waals surface area contributed by atoms with Crippen LogP contribution < -0.4 is 10.1 Å². The van der Waals surface area contributed by atoms with E-state index in [2.05, 4.69) is 20.0 Å². The van der Waals surface area contributed by atoms with Crippen molar-refractivity contribution < 1.29 is 23.5 Å². The van der Waals surface area contributed by atoms with Crippen molar-refractivity contribution >= 4 is 12.0 Å². The first-order valence-corrected chi connectivity index (χ1v) is 8.46. The fourth-order valence-corrected chi connectivity index (χ4v) is 3.17. The number of rotatable bonds is 4. The molecule has 1 aromatic carbocycles. The van der Waals surface area contributed by atoms with Crippen molar-refractivity contribution in [2.45, 2.75) is 25.4 Å². The summed E-state index contributed by atoms with van der Waals surface area (Å²) in [5.41, 5.74) is 1.72. The second-order valence-electron chi connectivity index (χ2n) is 6.19. The largest absolute Gasteiger partial charge is 0.497 e. The van der Waals surface area contributed by atoms with Crippen molar-refractivity contribution in [3.05, 3.63) is 47.3 Å². The number of H-pyrrole nitrogens is 1. The number of hydrogen-bond acceptors (Lipinski definition) is 5. The molecule has 27 heavy (non-hydrogen) atoms. The van der Waals surface area contributed by atoms with Gasteiger partial charge in [-0.3, -0.25) is 0 Å². The highest BCUT2D eigenvalue weighted by Crippen LogP contribution is 2.35. The van der Waals surface area contributed by atoms with Crippen LogP contribution >= 0.6 is 0 Å². The number of carbonyl (C=O) groups excluding carboxylic acids is 2. The van der Waals surface area contributed by atoms with Gasteiger partial charge in [0.05, 0.1) is 26.2 Å². The smallest absolute Gasteiger partial charge is 0.328 e. The van der Waals surface area contributed by atoms with Crippen LogP contribution in [0.3, 0.4) is 0 Å². The molecule has 0 fully saturated rings. The molecule has 0 bridgehead atoms. The molecule has 2 N–H and O–H groups in total. The summed E-state index contributed by atoms with van der Waals surface area (Å²) in [6, 6.07) is 2.42. The first kappa shape index (κ1) is 18.7. The quantitative estimate of drug-likeness (QED) is 0.793. The third-order valence-corrected chi connectivity index (χ3v) is 4.58. The van der Waals surface area contributed by atoms with E-state index in [1.807, 2.05) is 0 Å².